The summed E-state index contributed by atoms with van der Waals surface area (Å²) in [4.78, 5) is 32.1. The van der Waals surface area contributed by atoms with Gasteiger partial charge in [-0.05, 0) is 80.7 Å². The zero-order chi connectivity index (χ0) is 28.3. The molecule has 0 bridgehead atoms. The second-order valence-electron chi connectivity index (χ2n) is 11.0. The Morgan fingerprint density at radius 1 is 1.32 bits per heavy atom. The van der Waals surface area contributed by atoms with Crippen LogP contribution in [0.25, 0.3) is 0 Å². The third-order valence-electron chi connectivity index (χ3n) is 8.48. The highest BCUT2D eigenvalue weighted by atomic mass is 16.2. The molecule has 2 heterocycles. The molecule has 208 valence electrons. The van der Waals surface area contributed by atoms with Crippen molar-refractivity contribution in [3.63, 3.8) is 0 Å². The Labute approximate surface area is 235 Å². The standard InChI is InChI=1S/C31H37N7O2/c1-4-5-6-9-24-10-7-8-21-13-22(29(40)33-3)11-12-26(21)31(24,30-35-19-36-37-30)16-20(2)34-18-28(39)38-25(17-32)14-23-15-27(23)38/h4-6,9-13,19-20,23,25,27,34H,7-8,14-16,18H2,1-3H3,(H,33,40)(H,35,36,37)/b5-4-,9-6-/t20-,23?,25?,27?,31?/m1/s1. The average molecular weight is 540 g/mol. The van der Waals surface area contributed by atoms with Crippen LogP contribution in [-0.2, 0) is 16.6 Å². The van der Waals surface area contributed by atoms with E-state index in [9.17, 15) is 14.9 Å². The number of fused-ring (bicyclic) bond motifs is 2. The van der Waals surface area contributed by atoms with E-state index in [1.54, 1.807) is 11.9 Å². The molecule has 40 heavy (non-hydrogen) atoms. The highest BCUT2D eigenvalue weighted by Gasteiger charge is 2.54. The Hall–Kier alpha value is -4.03. The van der Waals surface area contributed by atoms with Gasteiger partial charge in [0.05, 0.1) is 18.0 Å². The number of likely N-dealkylation sites (tertiary alicyclic amines) is 1. The fraction of sp³-hybridized carbons (Fsp3) is 0.452. The average Bonchev–Trinajstić information content (AvgIpc) is 3.36. The van der Waals surface area contributed by atoms with Gasteiger partial charge in [0.1, 0.15) is 18.2 Å². The normalized spacial score (nSPS) is 26.1. The lowest BCUT2D eigenvalue weighted by molar-refractivity contribution is -0.131. The molecule has 3 N–H and O–H groups in total. The molecule has 5 atom stereocenters. The molecule has 2 fully saturated rings. The number of benzene rings is 1. The zero-order valence-corrected chi connectivity index (χ0v) is 23.4. The number of rotatable bonds is 9. The van der Waals surface area contributed by atoms with Crippen molar-refractivity contribution in [3.05, 3.63) is 83.0 Å². The van der Waals surface area contributed by atoms with E-state index in [4.69, 9.17) is 0 Å². The molecule has 9 heteroatoms. The van der Waals surface area contributed by atoms with Crippen LogP contribution in [0.2, 0.25) is 0 Å². The lowest BCUT2D eigenvalue weighted by Crippen LogP contribution is -2.46. The van der Waals surface area contributed by atoms with Gasteiger partial charge in [0, 0.05) is 24.7 Å². The Balaban J connectivity index is 1.50. The number of piperidine rings is 1. The predicted molar refractivity (Wildman–Crippen MR) is 152 cm³/mol. The van der Waals surface area contributed by atoms with Gasteiger partial charge in [0.25, 0.3) is 5.91 Å². The minimum atomic E-state index is -0.693. The molecule has 2 aliphatic carbocycles. The number of hydrogen-bond acceptors (Lipinski definition) is 6. The van der Waals surface area contributed by atoms with Crippen molar-refractivity contribution in [3.8, 4) is 6.07 Å². The van der Waals surface area contributed by atoms with Gasteiger partial charge in [-0.15, -0.1) is 0 Å². The van der Waals surface area contributed by atoms with Crippen LogP contribution in [0.4, 0.5) is 0 Å². The minimum Gasteiger partial charge on any atom is -0.355 e. The molecular formula is C31H37N7O2. The number of carbonyl (C=O) groups excluding carboxylic acids is 2. The predicted octanol–water partition coefficient (Wildman–Crippen LogP) is 3.34. The Morgan fingerprint density at radius 3 is 2.90 bits per heavy atom. The summed E-state index contributed by atoms with van der Waals surface area (Å²) in [5.74, 6) is 1.06. The molecular weight excluding hydrogens is 502 g/mol. The van der Waals surface area contributed by atoms with Crippen LogP contribution in [0.15, 0.2) is 60.5 Å². The molecule has 1 aromatic heterocycles. The summed E-state index contributed by atoms with van der Waals surface area (Å²) < 4.78 is 0. The number of aromatic amines is 1. The first kappa shape index (κ1) is 27.5. The molecule has 1 saturated heterocycles. The van der Waals surface area contributed by atoms with Gasteiger partial charge >= 0.3 is 0 Å². The quantitative estimate of drug-likeness (QED) is 0.420. The number of nitriles is 1. The lowest BCUT2D eigenvalue weighted by atomic mass is 9.68. The van der Waals surface area contributed by atoms with Crippen molar-refractivity contribution in [2.75, 3.05) is 13.6 Å². The number of hydrogen-bond donors (Lipinski definition) is 3. The SMILES string of the molecule is C/C=C\C=C/C1=CCCc2cc(C(=O)NC)ccc2C1(C[C@@H](C)NCC(=O)N1C(C#N)CC2CC21)c1ncn[nH]1. The van der Waals surface area contributed by atoms with Crippen molar-refractivity contribution in [1.29, 1.82) is 5.26 Å². The summed E-state index contributed by atoms with van der Waals surface area (Å²) in [5, 5.41) is 23.1. The van der Waals surface area contributed by atoms with Gasteiger partial charge in [-0.1, -0.05) is 36.4 Å². The summed E-state index contributed by atoms with van der Waals surface area (Å²) in [6.45, 7) is 4.23. The highest BCUT2D eigenvalue weighted by molar-refractivity contribution is 5.94. The fourth-order valence-electron chi connectivity index (χ4n) is 6.51. The summed E-state index contributed by atoms with van der Waals surface area (Å²) in [6, 6.07) is 8.02. The van der Waals surface area contributed by atoms with E-state index < -0.39 is 5.41 Å². The molecule has 9 nitrogen and oxygen atoms in total. The monoisotopic (exact) mass is 539 g/mol. The first-order valence-corrected chi connectivity index (χ1v) is 14.1. The maximum absolute atomic E-state index is 13.2. The molecule has 2 aromatic rings. The first-order chi connectivity index (χ1) is 19.4. The number of aromatic nitrogens is 3. The Kier molecular flexibility index (Phi) is 7.99. The number of nitrogens with zero attached hydrogens (tertiary/aromatic N) is 4. The number of nitrogens with one attached hydrogen (secondary N) is 3. The van der Waals surface area contributed by atoms with Crippen molar-refractivity contribution >= 4 is 11.8 Å². The van der Waals surface area contributed by atoms with E-state index in [0.717, 1.165) is 42.4 Å². The van der Waals surface area contributed by atoms with Gasteiger partial charge < -0.3 is 15.5 Å². The molecule has 1 aliphatic heterocycles. The Bertz CT molecular complexity index is 1390. The molecule has 0 radical (unpaired) electrons. The van der Waals surface area contributed by atoms with Crippen LogP contribution < -0.4 is 10.6 Å². The van der Waals surface area contributed by atoms with Crippen LogP contribution in [0, 0.1) is 17.2 Å². The van der Waals surface area contributed by atoms with E-state index >= 15 is 0 Å². The molecule has 2 amide bonds. The molecule has 0 spiro atoms. The van der Waals surface area contributed by atoms with E-state index in [0.29, 0.717) is 23.7 Å². The molecule has 4 unspecified atom stereocenters. The minimum absolute atomic E-state index is 0.0163. The van der Waals surface area contributed by atoms with Crippen LogP contribution >= 0.6 is 0 Å². The second-order valence-corrected chi connectivity index (χ2v) is 11.0. The van der Waals surface area contributed by atoms with Crippen LogP contribution in [0.3, 0.4) is 0 Å². The van der Waals surface area contributed by atoms with E-state index in [2.05, 4.69) is 51.0 Å². The van der Waals surface area contributed by atoms with Gasteiger partial charge in [-0.3, -0.25) is 14.7 Å². The van der Waals surface area contributed by atoms with Crippen molar-refractivity contribution in [2.45, 2.75) is 69.5 Å². The number of allylic oxidation sites excluding steroid dienone is 6. The Morgan fingerprint density at radius 2 is 2.17 bits per heavy atom. The zero-order valence-electron chi connectivity index (χ0n) is 23.4. The van der Waals surface area contributed by atoms with Crippen LogP contribution in [0.1, 0.15) is 66.8 Å². The number of aryl methyl sites for hydroxylation is 1. The third kappa shape index (κ3) is 5.11. The topological polar surface area (TPSA) is 127 Å². The maximum Gasteiger partial charge on any atom is 0.251 e. The van der Waals surface area contributed by atoms with E-state index in [1.807, 2.05) is 43.4 Å². The van der Waals surface area contributed by atoms with Gasteiger partial charge in [-0.25, -0.2) is 4.98 Å². The molecule has 1 saturated carbocycles. The van der Waals surface area contributed by atoms with Crippen LogP contribution in [-0.4, -0.2) is 63.6 Å². The van der Waals surface area contributed by atoms with Gasteiger partial charge in [-0.2, -0.15) is 10.4 Å². The second kappa shape index (κ2) is 11.6. The number of H-pyrrole nitrogens is 1. The van der Waals surface area contributed by atoms with Crippen LogP contribution in [0.5, 0.6) is 0 Å². The maximum atomic E-state index is 13.2. The molecule has 3 aliphatic rings. The van der Waals surface area contributed by atoms with Crippen molar-refractivity contribution in [1.82, 2.24) is 30.7 Å². The van der Waals surface area contributed by atoms with Crippen molar-refractivity contribution < 1.29 is 9.59 Å². The third-order valence-corrected chi connectivity index (χ3v) is 8.48. The largest absolute Gasteiger partial charge is 0.355 e. The smallest absolute Gasteiger partial charge is 0.251 e. The highest BCUT2D eigenvalue weighted by Crippen LogP contribution is 2.48. The number of carbonyl (C=O) groups is 2. The van der Waals surface area contributed by atoms with E-state index in [1.165, 1.54) is 6.33 Å². The summed E-state index contributed by atoms with van der Waals surface area (Å²) >= 11 is 0. The molecule has 5 rings (SSSR count). The van der Waals surface area contributed by atoms with Gasteiger partial charge in [0.15, 0.2) is 0 Å². The lowest BCUT2D eigenvalue weighted by Gasteiger charge is -2.37. The summed E-state index contributed by atoms with van der Waals surface area (Å²) in [6.07, 6.45) is 15.9. The molecule has 1 aromatic carbocycles. The van der Waals surface area contributed by atoms with E-state index in [-0.39, 0.29) is 36.5 Å². The van der Waals surface area contributed by atoms with Crippen molar-refractivity contribution in [2.24, 2.45) is 5.92 Å². The summed E-state index contributed by atoms with van der Waals surface area (Å²) in [7, 11) is 1.64. The first-order valence-electron chi connectivity index (χ1n) is 14.1. The summed E-state index contributed by atoms with van der Waals surface area (Å²) in [5.41, 5.74) is 3.16. The number of amides is 2. The van der Waals surface area contributed by atoms with Gasteiger partial charge in [0.2, 0.25) is 5.91 Å². The fourth-order valence-corrected chi connectivity index (χ4v) is 6.51.